The highest BCUT2D eigenvalue weighted by molar-refractivity contribution is 7.81. The molecule has 0 radical (unpaired) electrons. The van der Waals surface area contributed by atoms with E-state index < -0.39 is 0 Å². The minimum Gasteiger partial charge on any atom is -0.319 e. The van der Waals surface area contributed by atoms with Gasteiger partial charge in [0.25, 0.3) is 0 Å². The molecule has 1 rings (SSSR count). The van der Waals surface area contributed by atoms with Crippen molar-refractivity contribution in [3.8, 4) is 0 Å². The smallest absolute Gasteiger partial charge is 0.00230 e. The maximum Gasteiger partial charge on any atom is 0.00230 e. The zero-order valence-corrected chi connectivity index (χ0v) is 8.12. The van der Waals surface area contributed by atoms with Gasteiger partial charge in [-0.2, -0.15) is 12.6 Å². The second-order valence-corrected chi connectivity index (χ2v) is 3.28. The first-order valence-corrected chi connectivity index (χ1v) is 4.67. The fourth-order valence-electron chi connectivity index (χ4n) is 1.16. The third-order valence-electron chi connectivity index (χ3n) is 1.70. The third kappa shape index (κ3) is 3.47. The molecule has 1 aliphatic rings. The summed E-state index contributed by atoms with van der Waals surface area (Å²) in [6.07, 6.45) is 2.62. The van der Waals surface area contributed by atoms with Crippen LogP contribution in [0.1, 0.15) is 26.7 Å². The SMILES string of the molecule is CC.CNCC1CC(S)C1. The molecule has 0 unspecified atom stereocenters. The van der Waals surface area contributed by atoms with Crippen LogP contribution in [0.25, 0.3) is 0 Å². The molecule has 0 amide bonds. The molecular weight excluding hydrogens is 142 g/mol. The van der Waals surface area contributed by atoms with Crippen LogP contribution in [0, 0.1) is 5.92 Å². The van der Waals surface area contributed by atoms with Gasteiger partial charge in [-0.05, 0) is 32.4 Å². The fourth-order valence-corrected chi connectivity index (χ4v) is 1.75. The monoisotopic (exact) mass is 161 g/mol. The van der Waals surface area contributed by atoms with Crippen LogP contribution in [0.3, 0.4) is 0 Å². The molecular formula is C8H19NS. The summed E-state index contributed by atoms with van der Waals surface area (Å²) in [5.74, 6) is 0.919. The zero-order valence-electron chi connectivity index (χ0n) is 7.22. The Labute approximate surface area is 70.0 Å². The van der Waals surface area contributed by atoms with E-state index in [-0.39, 0.29) is 0 Å². The van der Waals surface area contributed by atoms with Crippen molar-refractivity contribution in [2.75, 3.05) is 13.6 Å². The second-order valence-electron chi connectivity index (χ2n) is 2.55. The molecule has 1 saturated carbocycles. The molecule has 0 heterocycles. The van der Waals surface area contributed by atoms with Crippen molar-refractivity contribution in [2.45, 2.75) is 31.9 Å². The van der Waals surface area contributed by atoms with Gasteiger partial charge < -0.3 is 5.32 Å². The molecule has 10 heavy (non-hydrogen) atoms. The van der Waals surface area contributed by atoms with Crippen LogP contribution < -0.4 is 5.32 Å². The summed E-state index contributed by atoms with van der Waals surface area (Å²) in [4.78, 5) is 0. The van der Waals surface area contributed by atoms with Crippen LogP contribution >= 0.6 is 12.6 Å². The summed E-state index contributed by atoms with van der Waals surface area (Å²) >= 11 is 4.31. The lowest BCUT2D eigenvalue weighted by atomic mass is 9.85. The Morgan fingerprint density at radius 2 is 1.90 bits per heavy atom. The number of hydrogen-bond donors (Lipinski definition) is 2. The van der Waals surface area contributed by atoms with E-state index in [9.17, 15) is 0 Å². The molecule has 1 fully saturated rings. The summed E-state index contributed by atoms with van der Waals surface area (Å²) in [6.45, 7) is 5.18. The summed E-state index contributed by atoms with van der Waals surface area (Å²) < 4.78 is 0. The molecule has 2 heteroatoms. The Morgan fingerprint density at radius 3 is 2.20 bits per heavy atom. The van der Waals surface area contributed by atoms with Gasteiger partial charge >= 0.3 is 0 Å². The molecule has 0 aromatic carbocycles. The van der Waals surface area contributed by atoms with Gasteiger partial charge in [0.15, 0.2) is 0 Å². The molecule has 0 aromatic heterocycles. The van der Waals surface area contributed by atoms with Crippen LogP contribution in [-0.2, 0) is 0 Å². The minimum absolute atomic E-state index is 0.702. The first kappa shape index (κ1) is 10.3. The summed E-state index contributed by atoms with van der Waals surface area (Å²) in [5.41, 5.74) is 0. The van der Waals surface area contributed by atoms with Gasteiger partial charge in [0, 0.05) is 5.25 Å². The lowest BCUT2D eigenvalue weighted by molar-refractivity contribution is 0.322. The summed E-state index contributed by atoms with van der Waals surface area (Å²) in [6, 6.07) is 0. The van der Waals surface area contributed by atoms with Crippen LogP contribution in [0.2, 0.25) is 0 Å². The first-order valence-electron chi connectivity index (χ1n) is 4.15. The third-order valence-corrected chi connectivity index (χ3v) is 2.13. The molecule has 0 atom stereocenters. The highest BCUT2D eigenvalue weighted by Crippen LogP contribution is 2.30. The van der Waals surface area contributed by atoms with Crippen molar-refractivity contribution in [1.82, 2.24) is 5.32 Å². The topological polar surface area (TPSA) is 12.0 Å². The predicted molar refractivity (Wildman–Crippen MR) is 50.8 cm³/mol. The van der Waals surface area contributed by atoms with Gasteiger partial charge in [0.2, 0.25) is 0 Å². The minimum atomic E-state index is 0.702. The molecule has 0 bridgehead atoms. The highest BCUT2D eigenvalue weighted by Gasteiger charge is 2.24. The van der Waals surface area contributed by atoms with Crippen molar-refractivity contribution >= 4 is 12.6 Å². The molecule has 0 aliphatic heterocycles. The van der Waals surface area contributed by atoms with Crippen LogP contribution in [0.5, 0.6) is 0 Å². The van der Waals surface area contributed by atoms with Gasteiger partial charge in [0.1, 0.15) is 0 Å². The van der Waals surface area contributed by atoms with E-state index in [1.165, 1.54) is 19.4 Å². The van der Waals surface area contributed by atoms with Gasteiger partial charge in [-0.15, -0.1) is 0 Å². The Balaban J connectivity index is 0.000000371. The number of hydrogen-bond acceptors (Lipinski definition) is 2. The molecule has 1 aliphatic carbocycles. The first-order chi connectivity index (χ1) is 4.83. The van der Waals surface area contributed by atoms with Crippen molar-refractivity contribution in [3.05, 3.63) is 0 Å². The van der Waals surface area contributed by atoms with E-state index in [1.54, 1.807) is 0 Å². The van der Waals surface area contributed by atoms with E-state index >= 15 is 0 Å². The Bertz CT molecular complexity index is 66.9. The lowest BCUT2D eigenvalue weighted by Crippen LogP contribution is -2.31. The second kappa shape index (κ2) is 6.05. The molecule has 0 aromatic rings. The molecule has 1 nitrogen and oxygen atoms in total. The van der Waals surface area contributed by atoms with Crippen molar-refractivity contribution in [2.24, 2.45) is 5.92 Å². The fraction of sp³-hybridized carbons (Fsp3) is 1.00. The van der Waals surface area contributed by atoms with Crippen LogP contribution in [0.4, 0.5) is 0 Å². The maximum atomic E-state index is 4.31. The van der Waals surface area contributed by atoms with E-state index in [2.05, 4.69) is 17.9 Å². The molecule has 62 valence electrons. The van der Waals surface area contributed by atoms with E-state index in [4.69, 9.17) is 0 Å². The van der Waals surface area contributed by atoms with Crippen LogP contribution in [0.15, 0.2) is 0 Å². The standard InChI is InChI=1S/C6H13NS.C2H6/c1-7-4-5-2-6(8)3-5;1-2/h5-8H,2-4H2,1H3;1-2H3. The van der Waals surface area contributed by atoms with E-state index in [1.807, 2.05) is 20.9 Å². The quantitative estimate of drug-likeness (QED) is 0.590. The maximum absolute atomic E-state index is 4.31. The van der Waals surface area contributed by atoms with Gasteiger partial charge in [-0.1, -0.05) is 13.8 Å². The Kier molecular flexibility index (Phi) is 6.24. The zero-order chi connectivity index (χ0) is 7.98. The molecule has 0 saturated heterocycles. The van der Waals surface area contributed by atoms with E-state index in [0.717, 1.165) is 5.92 Å². The number of thiol groups is 1. The number of nitrogens with one attached hydrogen (secondary N) is 1. The Morgan fingerprint density at radius 1 is 1.40 bits per heavy atom. The highest BCUT2D eigenvalue weighted by atomic mass is 32.1. The van der Waals surface area contributed by atoms with E-state index in [0.29, 0.717) is 5.25 Å². The van der Waals surface area contributed by atoms with Crippen molar-refractivity contribution in [3.63, 3.8) is 0 Å². The van der Waals surface area contributed by atoms with Gasteiger partial charge in [-0.3, -0.25) is 0 Å². The predicted octanol–water partition coefficient (Wildman–Crippen LogP) is 1.94. The van der Waals surface area contributed by atoms with Crippen molar-refractivity contribution < 1.29 is 0 Å². The normalized spacial score (nSPS) is 30.0. The Hall–Kier alpha value is 0.310. The summed E-state index contributed by atoms with van der Waals surface area (Å²) in [7, 11) is 2.01. The van der Waals surface area contributed by atoms with Gasteiger partial charge in [-0.25, -0.2) is 0 Å². The average molecular weight is 161 g/mol. The summed E-state index contributed by atoms with van der Waals surface area (Å²) in [5, 5.41) is 3.86. The largest absolute Gasteiger partial charge is 0.319 e. The number of rotatable bonds is 2. The molecule has 0 spiro atoms. The average Bonchev–Trinajstić information content (AvgIpc) is 1.90. The van der Waals surface area contributed by atoms with Gasteiger partial charge in [0.05, 0.1) is 0 Å². The molecule has 1 N–H and O–H groups in total. The lowest BCUT2D eigenvalue weighted by Gasteiger charge is -2.31. The van der Waals surface area contributed by atoms with Crippen molar-refractivity contribution in [1.29, 1.82) is 0 Å². The van der Waals surface area contributed by atoms with Crippen LogP contribution in [-0.4, -0.2) is 18.8 Å².